The lowest BCUT2D eigenvalue weighted by Crippen LogP contribution is -2.32. The molecule has 2 N–H and O–H groups in total. The first-order chi connectivity index (χ1) is 11.2. The van der Waals surface area contributed by atoms with Crippen molar-refractivity contribution in [3.05, 3.63) is 65.7 Å². The van der Waals surface area contributed by atoms with Gasteiger partial charge in [0.1, 0.15) is 5.75 Å². The van der Waals surface area contributed by atoms with Gasteiger partial charge in [0.15, 0.2) is 5.11 Å². The molecule has 0 unspecified atom stereocenters. The highest BCUT2D eigenvalue weighted by Gasteiger charge is 2.00. The molecular formula is C18H21N3OS. The highest BCUT2D eigenvalue weighted by Crippen LogP contribution is 2.12. The highest BCUT2D eigenvalue weighted by atomic mass is 32.1. The van der Waals surface area contributed by atoms with Gasteiger partial charge in [-0.2, -0.15) is 5.10 Å². The Hall–Kier alpha value is -2.40. The summed E-state index contributed by atoms with van der Waals surface area (Å²) >= 11 is 5.23. The second kappa shape index (κ2) is 8.90. The average Bonchev–Trinajstić information content (AvgIpc) is 2.59. The van der Waals surface area contributed by atoms with Gasteiger partial charge < -0.3 is 10.1 Å². The molecule has 0 aromatic heterocycles. The molecule has 0 saturated carbocycles. The molecule has 0 bridgehead atoms. The van der Waals surface area contributed by atoms with E-state index in [9.17, 15) is 0 Å². The average molecular weight is 327 g/mol. The molecule has 0 spiro atoms. The van der Waals surface area contributed by atoms with Crippen molar-refractivity contribution in [2.45, 2.75) is 20.4 Å². The molecule has 2 aromatic rings. The summed E-state index contributed by atoms with van der Waals surface area (Å²) in [5.74, 6) is 0.858. The number of hydrazone groups is 1. The van der Waals surface area contributed by atoms with Crippen LogP contribution in [-0.2, 0) is 6.54 Å². The smallest absolute Gasteiger partial charge is 0.187 e. The maximum Gasteiger partial charge on any atom is 0.187 e. The van der Waals surface area contributed by atoms with Crippen molar-refractivity contribution in [3.63, 3.8) is 0 Å². The standard InChI is InChI=1S/C18H21N3OS/c1-3-22-17-11-9-16(10-12-17)14(2)20-21-18(23)19-13-15-7-5-4-6-8-15/h4-12H,3,13H2,1-2H3,(H2,19,21,23)/b20-14-. The number of benzene rings is 2. The van der Waals surface area contributed by atoms with Gasteiger partial charge in [-0.25, -0.2) is 0 Å². The summed E-state index contributed by atoms with van der Waals surface area (Å²) in [5, 5.41) is 7.93. The first kappa shape index (κ1) is 17.0. The van der Waals surface area contributed by atoms with Gasteiger partial charge in [-0.3, -0.25) is 5.43 Å². The van der Waals surface area contributed by atoms with E-state index in [4.69, 9.17) is 17.0 Å². The summed E-state index contributed by atoms with van der Waals surface area (Å²) in [4.78, 5) is 0. The maximum atomic E-state index is 5.43. The number of nitrogens with zero attached hydrogens (tertiary/aromatic N) is 1. The van der Waals surface area contributed by atoms with E-state index in [1.165, 1.54) is 5.56 Å². The molecule has 0 radical (unpaired) electrons. The predicted octanol–water partition coefficient (Wildman–Crippen LogP) is 3.47. The fourth-order valence-electron chi connectivity index (χ4n) is 1.98. The molecule has 0 atom stereocenters. The van der Waals surface area contributed by atoms with Gasteiger partial charge in [-0.1, -0.05) is 30.3 Å². The second-order valence-corrected chi connectivity index (χ2v) is 5.34. The summed E-state index contributed by atoms with van der Waals surface area (Å²) in [6, 6.07) is 17.9. The Bertz CT molecular complexity index is 654. The van der Waals surface area contributed by atoms with Crippen LogP contribution >= 0.6 is 12.2 Å². The van der Waals surface area contributed by atoms with E-state index in [2.05, 4.69) is 15.8 Å². The quantitative estimate of drug-likeness (QED) is 0.484. The van der Waals surface area contributed by atoms with Crippen molar-refractivity contribution < 1.29 is 4.74 Å². The lowest BCUT2D eigenvalue weighted by molar-refractivity contribution is 0.340. The molecule has 2 rings (SSSR count). The molecule has 0 heterocycles. The van der Waals surface area contributed by atoms with Crippen LogP contribution in [0.15, 0.2) is 59.7 Å². The van der Waals surface area contributed by atoms with Gasteiger partial charge in [0.25, 0.3) is 0 Å². The predicted molar refractivity (Wildman–Crippen MR) is 98.8 cm³/mol. The zero-order valence-electron chi connectivity index (χ0n) is 13.4. The third-order valence-electron chi connectivity index (χ3n) is 3.20. The van der Waals surface area contributed by atoms with Crippen molar-refractivity contribution in [2.24, 2.45) is 5.10 Å². The van der Waals surface area contributed by atoms with Gasteiger partial charge in [0.2, 0.25) is 0 Å². The van der Waals surface area contributed by atoms with Gasteiger partial charge in [0, 0.05) is 6.54 Å². The van der Waals surface area contributed by atoms with Crippen LogP contribution in [0.25, 0.3) is 0 Å². The minimum Gasteiger partial charge on any atom is -0.494 e. The number of hydrogen-bond donors (Lipinski definition) is 2. The number of rotatable bonds is 6. The fourth-order valence-corrected chi connectivity index (χ4v) is 2.09. The Morgan fingerprint density at radius 2 is 1.78 bits per heavy atom. The Morgan fingerprint density at radius 1 is 1.09 bits per heavy atom. The Kier molecular flexibility index (Phi) is 6.56. The second-order valence-electron chi connectivity index (χ2n) is 4.93. The van der Waals surface area contributed by atoms with Gasteiger partial charge in [0.05, 0.1) is 12.3 Å². The maximum absolute atomic E-state index is 5.43. The topological polar surface area (TPSA) is 45.6 Å². The van der Waals surface area contributed by atoms with E-state index >= 15 is 0 Å². The van der Waals surface area contributed by atoms with Crippen molar-refractivity contribution in [1.82, 2.24) is 10.7 Å². The van der Waals surface area contributed by atoms with E-state index in [0.717, 1.165) is 17.0 Å². The van der Waals surface area contributed by atoms with Crippen molar-refractivity contribution in [3.8, 4) is 5.75 Å². The third-order valence-corrected chi connectivity index (χ3v) is 3.44. The number of nitrogens with one attached hydrogen (secondary N) is 2. The zero-order chi connectivity index (χ0) is 16.5. The van der Waals surface area contributed by atoms with Crippen LogP contribution in [0.1, 0.15) is 25.0 Å². The van der Waals surface area contributed by atoms with E-state index < -0.39 is 0 Å². The summed E-state index contributed by atoms with van der Waals surface area (Å²) in [6.45, 7) is 5.23. The van der Waals surface area contributed by atoms with E-state index in [0.29, 0.717) is 18.3 Å². The molecule has 5 heteroatoms. The van der Waals surface area contributed by atoms with Crippen LogP contribution in [-0.4, -0.2) is 17.4 Å². The van der Waals surface area contributed by atoms with Crippen LogP contribution < -0.4 is 15.5 Å². The summed E-state index contributed by atoms with van der Waals surface area (Å²) in [6.07, 6.45) is 0. The molecule has 4 nitrogen and oxygen atoms in total. The minimum absolute atomic E-state index is 0.499. The monoisotopic (exact) mass is 327 g/mol. The first-order valence-electron chi connectivity index (χ1n) is 7.54. The molecular weight excluding hydrogens is 306 g/mol. The zero-order valence-corrected chi connectivity index (χ0v) is 14.2. The SMILES string of the molecule is CCOc1ccc(/C(C)=N\NC(=S)NCc2ccccc2)cc1. The lowest BCUT2D eigenvalue weighted by Gasteiger charge is -2.08. The van der Waals surface area contributed by atoms with Gasteiger partial charge >= 0.3 is 0 Å². The molecule has 0 fully saturated rings. The van der Waals surface area contributed by atoms with Crippen molar-refractivity contribution in [2.75, 3.05) is 6.61 Å². The molecule has 0 aliphatic heterocycles. The van der Waals surface area contributed by atoms with E-state index in [1.54, 1.807) is 0 Å². The Balaban J connectivity index is 1.84. The van der Waals surface area contributed by atoms with Crippen LogP contribution in [0.4, 0.5) is 0 Å². The van der Waals surface area contributed by atoms with Crippen LogP contribution in [0.2, 0.25) is 0 Å². The Morgan fingerprint density at radius 3 is 2.43 bits per heavy atom. The molecule has 0 saturated heterocycles. The molecule has 0 amide bonds. The van der Waals surface area contributed by atoms with E-state index in [1.807, 2.05) is 68.4 Å². The molecule has 0 aliphatic rings. The molecule has 2 aromatic carbocycles. The van der Waals surface area contributed by atoms with Crippen LogP contribution in [0.3, 0.4) is 0 Å². The van der Waals surface area contributed by atoms with Gasteiger partial charge in [-0.15, -0.1) is 0 Å². The molecule has 23 heavy (non-hydrogen) atoms. The molecule has 0 aliphatic carbocycles. The third kappa shape index (κ3) is 5.71. The van der Waals surface area contributed by atoms with Crippen LogP contribution in [0.5, 0.6) is 5.75 Å². The number of hydrogen-bond acceptors (Lipinski definition) is 3. The largest absolute Gasteiger partial charge is 0.494 e. The number of ether oxygens (including phenoxy) is 1. The molecule has 120 valence electrons. The van der Waals surface area contributed by atoms with Crippen molar-refractivity contribution >= 4 is 23.0 Å². The normalized spacial score (nSPS) is 11.0. The fraction of sp³-hybridized carbons (Fsp3) is 0.222. The summed E-state index contributed by atoms with van der Waals surface area (Å²) in [5.41, 5.74) is 5.92. The lowest BCUT2D eigenvalue weighted by atomic mass is 10.1. The van der Waals surface area contributed by atoms with E-state index in [-0.39, 0.29) is 0 Å². The Labute approximate surface area is 142 Å². The number of thiocarbonyl (C=S) groups is 1. The van der Waals surface area contributed by atoms with Crippen molar-refractivity contribution in [1.29, 1.82) is 0 Å². The minimum atomic E-state index is 0.499. The van der Waals surface area contributed by atoms with Crippen LogP contribution in [0, 0.1) is 0 Å². The summed E-state index contributed by atoms with van der Waals surface area (Å²) in [7, 11) is 0. The first-order valence-corrected chi connectivity index (χ1v) is 7.95. The summed E-state index contributed by atoms with van der Waals surface area (Å²) < 4.78 is 5.43. The van der Waals surface area contributed by atoms with Gasteiger partial charge in [-0.05, 0) is 61.5 Å². The highest BCUT2D eigenvalue weighted by molar-refractivity contribution is 7.80.